The number of rotatable bonds is 8. The van der Waals surface area contributed by atoms with Crippen molar-refractivity contribution in [3.63, 3.8) is 0 Å². The molecule has 2 aliphatic heterocycles. The Hall–Kier alpha value is -7.53. The number of anilines is 8. The van der Waals surface area contributed by atoms with Crippen molar-refractivity contribution in [3.05, 3.63) is 167 Å². The van der Waals surface area contributed by atoms with E-state index in [0.717, 1.165) is 32.5 Å². The van der Waals surface area contributed by atoms with Gasteiger partial charge in [0, 0.05) is 59.3 Å². The Labute approximate surface area is 310 Å². The third-order valence-corrected chi connectivity index (χ3v) is 9.85. The molecule has 0 bridgehead atoms. The molecule has 0 unspecified atom stereocenters. The molecule has 8 rings (SSSR count). The fourth-order valence-corrected chi connectivity index (χ4v) is 6.74. The largest absolute Gasteiger partial charge is 0.399 e. The van der Waals surface area contributed by atoms with Crippen molar-refractivity contribution in [2.75, 3.05) is 45.2 Å². The van der Waals surface area contributed by atoms with Gasteiger partial charge >= 0.3 is 0 Å². The monoisotopic (exact) mass is 712 g/mol. The normalized spacial score (nSPS) is 13.3. The summed E-state index contributed by atoms with van der Waals surface area (Å²) >= 11 is 0. The zero-order valence-corrected chi connectivity index (χ0v) is 29.2. The average molecular weight is 713 g/mol. The van der Waals surface area contributed by atoms with Crippen LogP contribution in [0.2, 0.25) is 0 Å². The van der Waals surface area contributed by atoms with E-state index in [1.54, 1.807) is 48.5 Å². The SMILES string of the molecule is CN(c1ccc(N)cc1)c1ccc(N2C(=O)c3ccc(C(=O)c4ccc5c(c4)C(=O)N(c4ccc(N(C)c6ccc(N)cc6)cc4)C5=O)cc3C2=O)cc1. The lowest BCUT2D eigenvalue weighted by molar-refractivity contribution is 0.0910. The lowest BCUT2D eigenvalue weighted by Gasteiger charge is -2.21. The minimum Gasteiger partial charge on any atom is -0.399 e. The topological polar surface area (TPSA) is 150 Å². The summed E-state index contributed by atoms with van der Waals surface area (Å²) < 4.78 is 0. The first kappa shape index (κ1) is 33.6. The number of carbonyl (C=O) groups excluding carboxylic acids is 5. The Kier molecular flexibility index (Phi) is 8.03. The number of amides is 4. The molecular weight excluding hydrogens is 681 g/mol. The van der Waals surface area contributed by atoms with E-state index in [1.165, 1.54) is 36.4 Å². The molecule has 54 heavy (non-hydrogen) atoms. The van der Waals surface area contributed by atoms with Gasteiger partial charge in [0.25, 0.3) is 23.6 Å². The van der Waals surface area contributed by atoms with E-state index in [1.807, 2.05) is 72.4 Å². The summed E-state index contributed by atoms with van der Waals surface area (Å²) in [6.07, 6.45) is 0. The van der Waals surface area contributed by atoms with Crippen LogP contribution in [0.1, 0.15) is 57.4 Å². The molecule has 0 aromatic heterocycles. The van der Waals surface area contributed by atoms with Gasteiger partial charge in [-0.25, -0.2) is 9.80 Å². The van der Waals surface area contributed by atoms with E-state index < -0.39 is 29.4 Å². The van der Waals surface area contributed by atoms with Crippen LogP contribution in [0.5, 0.6) is 0 Å². The zero-order chi connectivity index (χ0) is 37.8. The Morgan fingerprint density at radius 1 is 0.426 bits per heavy atom. The third-order valence-electron chi connectivity index (χ3n) is 9.85. The Morgan fingerprint density at radius 3 is 1.06 bits per heavy atom. The van der Waals surface area contributed by atoms with Crippen LogP contribution >= 0.6 is 0 Å². The van der Waals surface area contributed by atoms with Crippen LogP contribution in [0.25, 0.3) is 0 Å². The van der Waals surface area contributed by atoms with Crippen molar-refractivity contribution in [2.45, 2.75) is 0 Å². The van der Waals surface area contributed by atoms with Gasteiger partial charge in [-0.2, -0.15) is 0 Å². The van der Waals surface area contributed by atoms with Crippen molar-refractivity contribution < 1.29 is 24.0 Å². The number of nitrogens with two attached hydrogens (primary N) is 2. The maximum absolute atomic E-state index is 13.8. The standard InChI is InChI=1S/C43H32N6O5/c1-46(29-9-5-27(44)6-10-29)31-13-17-33(18-14-31)48-40(51)35-21-3-25(23-37(35)42(48)53)39(50)26-4-22-36-38(24-26)43(54)49(41(36)52)34-19-15-32(16-20-34)47(2)30-11-7-28(45)8-12-30/h3-24H,44-45H2,1-2H3. The third kappa shape index (κ3) is 5.60. The highest BCUT2D eigenvalue weighted by atomic mass is 16.2. The van der Waals surface area contributed by atoms with E-state index >= 15 is 0 Å². The van der Waals surface area contributed by atoms with Gasteiger partial charge in [0.15, 0.2) is 5.78 Å². The maximum Gasteiger partial charge on any atom is 0.266 e. The molecule has 2 aliphatic rings. The molecule has 0 spiro atoms. The summed E-state index contributed by atoms with van der Waals surface area (Å²) in [7, 11) is 3.79. The molecule has 6 aromatic carbocycles. The van der Waals surface area contributed by atoms with Gasteiger partial charge in [-0.3, -0.25) is 24.0 Å². The van der Waals surface area contributed by atoms with Gasteiger partial charge in [-0.05, 0) is 121 Å². The molecule has 264 valence electrons. The van der Waals surface area contributed by atoms with Crippen molar-refractivity contribution >= 4 is 74.9 Å². The molecule has 2 heterocycles. The highest BCUT2D eigenvalue weighted by Crippen LogP contribution is 2.35. The van der Waals surface area contributed by atoms with Gasteiger partial charge in [-0.15, -0.1) is 0 Å². The first-order valence-corrected chi connectivity index (χ1v) is 17.0. The maximum atomic E-state index is 13.8. The summed E-state index contributed by atoms with van der Waals surface area (Å²) in [5.74, 6) is -2.58. The summed E-state index contributed by atoms with van der Waals surface area (Å²) in [6.45, 7) is 0. The molecule has 6 aromatic rings. The first-order valence-electron chi connectivity index (χ1n) is 17.0. The Bertz CT molecular complexity index is 2350. The predicted octanol–water partition coefficient (Wildman–Crippen LogP) is 7.22. The van der Waals surface area contributed by atoms with Crippen LogP contribution in [-0.4, -0.2) is 43.5 Å². The molecule has 0 fully saturated rings. The van der Waals surface area contributed by atoms with Crippen molar-refractivity contribution in [3.8, 4) is 0 Å². The molecule has 11 nitrogen and oxygen atoms in total. The second kappa shape index (κ2) is 12.9. The zero-order valence-electron chi connectivity index (χ0n) is 29.2. The minimum atomic E-state index is -0.555. The number of nitrogen functional groups attached to an aromatic ring is 2. The minimum absolute atomic E-state index is 0.0954. The highest BCUT2D eigenvalue weighted by molar-refractivity contribution is 6.36. The molecule has 0 saturated heterocycles. The smallest absolute Gasteiger partial charge is 0.266 e. The van der Waals surface area contributed by atoms with Crippen molar-refractivity contribution in [2.24, 2.45) is 0 Å². The van der Waals surface area contributed by atoms with Gasteiger partial charge in [0.05, 0.1) is 33.6 Å². The predicted molar refractivity (Wildman–Crippen MR) is 209 cm³/mol. The molecule has 11 heteroatoms. The van der Waals surface area contributed by atoms with Crippen molar-refractivity contribution in [1.29, 1.82) is 0 Å². The fourth-order valence-electron chi connectivity index (χ4n) is 6.74. The van der Waals surface area contributed by atoms with Gasteiger partial charge < -0.3 is 21.3 Å². The van der Waals surface area contributed by atoms with E-state index in [9.17, 15) is 24.0 Å². The lowest BCUT2D eigenvalue weighted by Crippen LogP contribution is -2.29. The molecule has 4 N–H and O–H groups in total. The van der Waals surface area contributed by atoms with Gasteiger partial charge in [-0.1, -0.05) is 12.1 Å². The van der Waals surface area contributed by atoms with Crippen LogP contribution in [-0.2, 0) is 0 Å². The Morgan fingerprint density at radius 2 is 0.722 bits per heavy atom. The van der Waals surface area contributed by atoms with Crippen LogP contribution in [0.3, 0.4) is 0 Å². The van der Waals surface area contributed by atoms with Crippen LogP contribution in [0.4, 0.5) is 45.5 Å². The second-order valence-electron chi connectivity index (χ2n) is 13.1. The molecule has 0 aliphatic carbocycles. The first-order chi connectivity index (χ1) is 26.0. The van der Waals surface area contributed by atoms with Gasteiger partial charge in [0.2, 0.25) is 0 Å². The Balaban J connectivity index is 0.995. The van der Waals surface area contributed by atoms with Gasteiger partial charge in [0.1, 0.15) is 0 Å². The van der Waals surface area contributed by atoms with E-state index in [-0.39, 0.29) is 33.4 Å². The molecule has 0 saturated carbocycles. The summed E-state index contributed by atoms with van der Waals surface area (Å²) in [5.41, 5.74) is 18.1. The molecular formula is C43H32N6O5. The quantitative estimate of drug-likeness (QED) is 0.0947. The van der Waals surface area contributed by atoms with Crippen LogP contribution in [0, 0.1) is 0 Å². The number of carbonyl (C=O) groups is 5. The van der Waals surface area contributed by atoms with E-state index in [4.69, 9.17) is 11.5 Å². The average Bonchev–Trinajstić information content (AvgIpc) is 3.60. The molecule has 0 atom stereocenters. The number of hydrogen-bond acceptors (Lipinski definition) is 9. The lowest BCUT2D eigenvalue weighted by atomic mass is 9.96. The summed E-state index contributed by atoms with van der Waals surface area (Å²) in [5, 5.41) is 0. The van der Waals surface area contributed by atoms with Crippen LogP contribution < -0.4 is 31.1 Å². The number of ketones is 1. The summed E-state index contributed by atoms with van der Waals surface area (Å²) in [4.78, 5) is 73.9. The number of imide groups is 2. The van der Waals surface area contributed by atoms with Crippen molar-refractivity contribution in [1.82, 2.24) is 0 Å². The van der Waals surface area contributed by atoms with E-state index in [0.29, 0.717) is 22.7 Å². The second-order valence-corrected chi connectivity index (χ2v) is 13.1. The van der Waals surface area contributed by atoms with E-state index in [2.05, 4.69) is 0 Å². The number of hydrogen-bond donors (Lipinski definition) is 2. The van der Waals surface area contributed by atoms with Crippen LogP contribution in [0.15, 0.2) is 133 Å². The fraction of sp³-hybridized carbons (Fsp3) is 0.0465. The molecule has 0 radical (unpaired) electrons. The number of benzene rings is 6. The number of fused-ring (bicyclic) bond motifs is 2. The molecule has 4 amide bonds. The number of nitrogens with zero attached hydrogens (tertiary/aromatic N) is 4. The summed E-state index contributed by atoms with van der Waals surface area (Å²) in [6, 6.07) is 37.5. The highest BCUT2D eigenvalue weighted by Gasteiger charge is 2.39.